The molecule has 0 saturated carbocycles. The second-order valence-corrected chi connectivity index (χ2v) is 4.95. The van der Waals surface area contributed by atoms with Crippen LogP contribution in [0.3, 0.4) is 0 Å². The second-order valence-electron chi connectivity index (χ2n) is 2.03. The van der Waals surface area contributed by atoms with Gasteiger partial charge in [-0.05, 0) is 12.3 Å². The highest BCUT2D eigenvalue weighted by Gasteiger charge is 2.06. The minimum absolute atomic E-state index is 0.0326. The zero-order valence-corrected chi connectivity index (χ0v) is 7.45. The molecule has 0 aromatic heterocycles. The van der Waals surface area contributed by atoms with Gasteiger partial charge in [-0.3, -0.25) is 10.2 Å². The van der Waals surface area contributed by atoms with Crippen LogP contribution in [0, 0.1) is 0 Å². The highest BCUT2D eigenvalue weighted by atomic mass is 31.1. The van der Waals surface area contributed by atoms with Crippen LogP contribution in [0.25, 0.3) is 0 Å². The quantitative estimate of drug-likeness (QED) is 0.274. The van der Waals surface area contributed by atoms with Gasteiger partial charge in [0, 0.05) is 6.16 Å². The van der Waals surface area contributed by atoms with E-state index in [2.05, 4.69) is 19.3 Å². The minimum atomic E-state index is -0.0935. The van der Waals surface area contributed by atoms with Crippen molar-refractivity contribution in [2.45, 2.75) is 13.8 Å². The number of rotatable bonds is 4. The predicted molar refractivity (Wildman–Crippen MR) is 45.2 cm³/mol. The van der Waals surface area contributed by atoms with Crippen molar-refractivity contribution >= 4 is 13.8 Å². The van der Waals surface area contributed by atoms with Crippen LogP contribution < -0.4 is 11.3 Å². The molecule has 4 heteroatoms. The predicted octanol–water partition coefficient (Wildman–Crippen LogP) is 0.498. The molecule has 0 atom stereocenters. The molecule has 0 aromatic rings. The number of hydrogen-bond donors (Lipinski definition) is 2. The Morgan fingerprint density at radius 1 is 1.50 bits per heavy atom. The maximum atomic E-state index is 10.7. The van der Waals surface area contributed by atoms with Gasteiger partial charge in [-0.1, -0.05) is 21.8 Å². The highest BCUT2D eigenvalue weighted by Crippen LogP contribution is 2.32. The van der Waals surface area contributed by atoms with E-state index in [-0.39, 0.29) is 13.8 Å². The zero-order valence-electron chi connectivity index (χ0n) is 6.55. The smallest absolute Gasteiger partial charge is 0.238 e. The fourth-order valence-electron chi connectivity index (χ4n) is 0.696. The molecule has 0 aliphatic carbocycles. The summed E-state index contributed by atoms with van der Waals surface area (Å²) in [5.74, 6) is 4.91. The van der Waals surface area contributed by atoms with Crippen LogP contribution in [0.15, 0.2) is 0 Å². The molecule has 3 N–H and O–H groups in total. The number of nitrogens with one attached hydrogen (secondary N) is 1. The molecule has 0 spiro atoms. The Bertz CT molecular complexity index is 104. The van der Waals surface area contributed by atoms with Crippen molar-refractivity contribution in [3.63, 3.8) is 0 Å². The van der Waals surface area contributed by atoms with Crippen LogP contribution >= 0.6 is 7.92 Å². The van der Waals surface area contributed by atoms with Crippen LogP contribution in [0.4, 0.5) is 0 Å². The van der Waals surface area contributed by atoms with Crippen molar-refractivity contribution < 1.29 is 4.79 Å². The Kier molecular flexibility index (Phi) is 5.55. The summed E-state index contributed by atoms with van der Waals surface area (Å²) in [5, 5.41) is 0. The van der Waals surface area contributed by atoms with E-state index >= 15 is 0 Å². The Hall–Kier alpha value is -0.140. The molecule has 0 saturated heterocycles. The summed E-state index contributed by atoms with van der Waals surface area (Å²) in [6, 6.07) is 0. The third-order valence-corrected chi connectivity index (χ3v) is 3.95. The van der Waals surface area contributed by atoms with Gasteiger partial charge in [0.05, 0.1) is 0 Å². The van der Waals surface area contributed by atoms with Crippen molar-refractivity contribution in [3.8, 4) is 0 Å². The van der Waals surface area contributed by atoms with E-state index in [9.17, 15) is 4.79 Å². The standard InChI is InChI=1S/C6H15N2OP/c1-3-10(4-2)5-6(9)8-7/h3-5,7H2,1-2H3,(H,8,9). The monoisotopic (exact) mass is 162 g/mol. The largest absolute Gasteiger partial charge is 0.294 e. The van der Waals surface area contributed by atoms with Gasteiger partial charge in [0.15, 0.2) is 0 Å². The van der Waals surface area contributed by atoms with Gasteiger partial charge >= 0.3 is 0 Å². The number of nitrogens with two attached hydrogens (primary N) is 1. The fraction of sp³-hybridized carbons (Fsp3) is 0.833. The SMILES string of the molecule is CCP(CC)CC(=O)NN. The summed E-state index contributed by atoms with van der Waals surface area (Å²) >= 11 is 0. The number of carbonyl (C=O) groups is 1. The topological polar surface area (TPSA) is 55.1 Å². The van der Waals surface area contributed by atoms with Crippen molar-refractivity contribution in [1.29, 1.82) is 0 Å². The first kappa shape index (κ1) is 9.86. The van der Waals surface area contributed by atoms with E-state index in [0.717, 1.165) is 12.3 Å². The number of hydrazine groups is 1. The lowest BCUT2D eigenvalue weighted by molar-refractivity contribution is -0.118. The van der Waals surface area contributed by atoms with E-state index in [4.69, 9.17) is 5.84 Å². The maximum absolute atomic E-state index is 10.7. The molecule has 60 valence electrons. The summed E-state index contributed by atoms with van der Waals surface area (Å²) < 4.78 is 0. The number of carbonyl (C=O) groups excluding carboxylic acids is 1. The fourth-order valence-corrected chi connectivity index (χ4v) is 2.09. The number of amides is 1. The van der Waals surface area contributed by atoms with Gasteiger partial charge in [-0.15, -0.1) is 0 Å². The molecule has 0 heterocycles. The normalized spacial score (nSPS) is 10.0. The second kappa shape index (κ2) is 5.63. The lowest BCUT2D eigenvalue weighted by Gasteiger charge is -2.10. The molecule has 3 nitrogen and oxygen atoms in total. The van der Waals surface area contributed by atoms with Crippen LogP contribution in [0.5, 0.6) is 0 Å². The average Bonchev–Trinajstić information content (AvgIpc) is 1.99. The van der Waals surface area contributed by atoms with Gasteiger partial charge in [0.2, 0.25) is 5.91 Å². The molecule has 0 aromatic carbocycles. The van der Waals surface area contributed by atoms with E-state index in [0.29, 0.717) is 6.16 Å². The molecule has 0 fully saturated rings. The summed E-state index contributed by atoms with van der Waals surface area (Å²) in [7, 11) is -0.0935. The molecule has 0 radical (unpaired) electrons. The van der Waals surface area contributed by atoms with Crippen molar-refractivity contribution in [3.05, 3.63) is 0 Å². The van der Waals surface area contributed by atoms with Gasteiger partial charge in [0.1, 0.15) is 0 Å². The summed E-state index contributed by atoms with van der Waals surface area (Å²) in [4.78, 5) is 10.7. The molecular weight excluding hydrogens is 147 g/mol. The first-order chi connectivity index (χ1) is 4.74. The molecule has 1 amide bonds. The lowest BCUT2D eigenvalue weighted by Crippen LogP contribution is -2.32. The Morgan fingerprint density at radius 2 is 2.00 bits per heavy atom. The first-order valence-corrected chi connectivity index (χ1v) is 5.36. The lowest BCUT2D eigenvalue weighted by atomic mass is 10.7. The Labute approximate surface area is 63.1 Å². The summed E-state index contributed by atoms with van der Waals surface area (Å²) in [5.41, 5.74) is 2.14. The molecule has 0 rings (SSSR count). The number of hydrogen-bond acceptors (Lipinski definition) is 2. The molecule has 0 aliphatic heterocycles. The van der Waals surface area contributed by atoms with Crippen LogP contribution in [-0.2, 0) is 4.79 Å². The van der Waals surface area contributed by atoms with Crippen molar-refractivity contribution in [1.82, 2.24) is 5.43 Å². The minimum Gasteiger partial charge on any atom is -0.294 e. The molecule has 0 unspecified atom stereocenters. The molecular formula is C6H15N2OP. The van der Waals surface area contributed by atoms with E-state index < -0.39 is 0 Å². The Balaban J connectivity index is 3.52. The summed E-state index contributed by atoms with van der Waals surface area (Å²) in [6.07, 6.45) is 2.84. The average molecular weight is 162 g/mol. The van der Waals surface area contributed by atoms with E-state index in [1.807, 2.05) is 0 Å². The van der Waals surface area contributed by atoms with Gasteiger partial charge < -0.3 is 0 Å². The van der Waals surface area contributed by atoms with Gasteiger partial charge in [0.25, 0.3) is 0 Å². The molecule has 10 heavy (non-hydrogen) atoms. The van der Waals surface area contributed by atoms with Crippen molar-refractivity contribution in [2.24, 2.45) is 5.84 Å². The van der Waals surface area contributed by atoms with Crippen molar-refractivity contribution in [2.75, 3.05) is 18.5 Å². The Morgan fingerprint density at radius 3 is 2.30 bits per heavy atom. The van der Waals surface area contributed by atoms with Gasteiger partial charge in [-0.2, -0.15) is 0 Å². The zero-order chi connectivity index (χ0) is 7.98. The third kappa shape index (κ3) is 3.80. The maximum Gasteiger partial charge on any atom is 0.238 e. The molecule has 0 bridgehead atoms. The van der Waals surface area contributed by atoms with Crippen LogP contribution in [0.2, 0.25) is 0 Å². The third-order valence-electron chi connectivity index (χ3n) is 1.42. The van der Waals surface area contributed by atoms with Crippen LogP contribution in [-0.4, -0.2) is 24.4 Å². The van der Waals surface area contributed by atoms with Crippen LogP contribution in [0.1, 0.15) is 13.8 Å². The summed E-state index contributed by atoms with van der Waals surface area (Å²) in [6.45, 7) is 4.22. The first-order valence-electron chi connectivity index (χ1n) is 3.46. The highest BCUT2D eigenvalue weighted by molar-refractivity contribution is 7.58. The molecule has 0 aliphatic rings. The van der Waals surface area contributed by atoms with E-state index in [1.165, 1.54) is 0 Å². The van der Waals surface area contributed by atoms with Gasteiger partial charge in [-0.25, -0.2) is 5.84 Å². The van der Waals surface area contributed by atoms with E-state index in [1.54, 1.807) is 0 Å².